The van der Waals surface area contributed by atoms with Gasteiger partial charge in [0.25, 0.3) is 12.5 Å². The van der Waals surface area contributed by atoms with Gasteiger partial charge in [0.15, 0.2) is 0 Å². The highest BCUT2D eigenvalue weighted by Gasteiger charge is 2.25. The van der Waals surface area contributed by atoms with Gasteiger partial charge in [0.1, 0.15) is 11.9 Å². The molecule has 0 saturated heterocycles. The van der Waals surface area contributed by atoms with Gasteiger partial charge in [0.05, 0.1) is 25.1 Å². The van der Waals surface area contributed by atoms with Gasteiger partial charge in [-0.15, -0.1) is 0 Å². The number of aromatic amines is 1. The predicted octanol–water partition coefficient (Wildman–Crippen LogP) is 1.66. The third-order valence-electron chi connectivity index (χ3n) is 3.12. The van der Waals surface area contributed by atoms with Crippen LogP contribution in [0.1, 0.15) is 16.1 Å². The van der Waals surface area contributed by atoms with Crippen molar-refractivity contribution in [1.82, 2.24) is 15.3 Å². The topological polar surface area (TPSA) is 88.4 Å². The smallest absolute Gasteiger partial charge is 0.342 e. The van der Waals surface area contributed by atoms with Gasteiger partial charge in [-0.05, 0) is 10.9 Å². The zero-order chi connectivity index (χ0) is 16.8. The summed E-state index contributed by atoms with van der Waals surface area (Å²) >= 11 is 0. The van der Waals surface area contributed by atoms with Gasteiger partial charge in [-0.2, -0.15) is 0 Å². The molecule has 8 heteroatoms. The summed E-state index contributed by atoms with van der Waals surface area (Å²) in [5.74, 6) is -2.19. The summed E-state index contributed by atoms with van der Waals surface area (Å²) in [4.78, 5) is 33.9. The second-order valence-electron chi connectivity index (χ2n) is 4.62. The third kappa shape index (κ3) is 3.91. The normalized spacial score (nSPS) is 11.3. The summed E-state index contributed by atoms with van der Waals surface area (Å²) in [7, 11) is 1.20. The number of methoxy groups -OCH3 is 1. The Kier molecular flexibility index (Phi) is 5.04. The number of aromatic nitrogens is 2. The maximum absolute atomic E-state index is 13.9. The Morgan fingerprint density at radius 3 is 2.87 bits per heavy atom. The fourth-order valence-electron chi connectivity index (χ4n) is 1.96. The Bertz CT molecular complexity index is 753. The maximum atomic E-state index is 13.9. The lowest BCUT2D eigenvalue weighted by Gasteiger charge is -2.15. The molecule has 0 fully saturated rings. The number of hydrogen-bond donors (Lipinski definition) is 2. The molecule has 23 heavy (non-hydrogen) atoms. The van der Waals surface area contributed by atoms with E-state index in [0.717, 1.165) is 6.07 Å². The lowest BCUT2D eigenvalue weighted by Crippen LogP contribution is -2.43. The monoisotopic (exact) mass is 317 g/mol. The van der Waals surface area contributed by atoms with E-state index in [-0.39, 0.29) is 17.7 Å². The number of hydrogen-bond acceptors (Lipinski definition) is 4. The standard InChI is InChI=1S/C15H13FN4O3/c1-17-9-3-4-11(12(16)5-9)14(21)20-13(15(22)23-2)6-10-7-18-8-19-10/h1,3-5,7-8,13H,6H2,2H3,(H-,18,19,20,21)/p+1/t13-/m1/s1. The summed E-state index contributed by atoms with van der Waals surface area (Å²) < 4.78 is 18.5. The molecule has 1 amide bonds. The number of nitrogens with one attached hydrogen (secondary N) is 2. The lowest BCUT2D eigenvalue weighted by atomic mass is 10.1. The Morgan fingerprint density at radius 2 is 2.30 bits per heavy atom. The van der Waals surface area contributed by atoms with Crippen LogP contribution in [-0.4, -0.2) is 35.0 Å². The fourth-order valence-corrected chi connectivity index (χ4v) is 1.96. The van der Waals surface area contributed by atoms with Crippen molar-refractivity contribution in [3.63, 3.8) is 0 Å². The van der Waals surface area contributed by atoms with Crippen LogP contribution in [0.4, 0.5) is 10.1 Å². The van der Waals surface area contributed by atoms with Crippen LogP contribution in [0.25, 0.3) is 4.85 Å². The molecule has 1 aromatic carbocycles. The van der Waals surface area contributed by atoms with Gasteiger partial charge in [-0.1, -0.05) is 0 Å². The van der Waals surface area contributed by atoms with Crippen LogP contribution in [-0.2, 0) is 16.0 Å². The number of nitrogens with zero attached hydrogens (tertiary/aromatic N) is 2. The van der Waals surface area contributed by atoms with E-state index in [9.17, 15) is 14.0 Å². The third-order valence-corrected chi connectivity index (χ3v) is 3.12. The molecule has 0 aliphatic heterocycles. The van der Waals surface area contributed by atoms with Gasteiger partial charge < -0.3 is 15.0 Å². The highest BCUT2D eigenvalue weighted by molar-refractivity contribution is 5.97. The van der Waals surface area contributed by atoms with Crippen molar-refractivity contribution in [1.29, 1.82) is 0 Å². The predicted molar refractivity (Wildman–Crippen MR) is 79.9 cm³/mol. The number of ether oxygens (including phenoxy) is 1. The molecule has 2 aromatic rings. The zero-order valence-electron chi connectivity index (χ0n) is 12.2. The molecular weight excluding hydrogens is 303 g/mol. The van der Waals surface area contributed by atoms with Crippen molar-refractivity contribution in [2.24, 2.45) is 0 Å². The molecule has 2 rings (SSSR count). The van der Waals surface area contributed by atoms with Crippen LogP contribution < -0.4 is 5.32 Å². The highest BCUT2D eigenvalue weighted by atomic mass is 19.1. The van der Waals surface area contributed by atoms with Crippen molar-refractivity contribution in [2.75, 3.05) is 7.11 Å². The number of carbonyl (C=O) groups is 2. The van der Waals surface area contributed by atoms with Gasteiger partial charge in [-0.3, -0.25) is 4.79 Å². The average molecular weight is 317 g/mol. The number of benzene rings is 1. The van der Waals surface area contributed by atoms with E-state index in [0.29, 0.717) is 5.69 Å². The summed E-state index contributed by atoms with van der Waals surface area (Å²) in [6.07, 6.45) is 3.09. The van der Waals surface area contributed by atoms with E-state index in [1.807, 2.05) is 0 Å². The first-order chi connectivity index (χ1) is 11.0. The summed E-state index contributed by atoms with van der Waals surface area (Å²) in [6.45, 7) is 5.05. The molecule has 1 heterocycles. The zero-order valence-corrected chi connectivity index (χ0v) is 12.2. The van der Waals surface area contributed by atoms with E-state index >= 15 is 0 Å². The van der Waals surface area contributed by atoms with Crippen LogP contribution in [0, 0.1) is 12.4 Å². The molecule has 1 aromatic heterocycles. The van der Waals surface area contributed by atoms with Gasteiger partial charge >= 0.3 is 11.7 Å². The number of rotatable bonds is 5. The number of esters is 1. The first-order valence-corrected chi connectivity index (χ1v) is 6.61. The number of carbonyl (C=O) groups excluding carboxylic acids is 2. The second kappa shape index (κ2) is 7.17. The Hall–Kier alpha value is -3.21. The molecule has 7 nitrogen and oxygen atoms in total. The molecular formula is C15H14FN4O3+. The fraction of sp³-hybridized carbons (Fsp3) is 0.200. The SMILES string of the molecule is C#[N+]c1ccc(C(=O)N[C@H](Cc2cnc[nH]2)C(=O)OC)c(F)c1. The molecule has 0 bridgehead atoms. The van der Waals surface area contributed by atoms with Gasteiger partial charge in [0, 0.05) is 24.4 Å². The molecule has 0 spiro atoms. The maximum Gasteiger partial charge on any atom is 0.342 e. The van der Waals surface area contributed by atoms with Crippen LogP contribution in [0.3, 0.4) is 0 Å². The van der Waals surface area contributed by atoms with Gasteiger partial charge in [-0.25, -0.2) is 14.2 Å². The quantitative estimate of drug-likeness (QED) is 0.821. The van der Waals surface area contributed by atoms with Crippen LogP contribution in [0.2, 0.25) is 0 Å². The molecule has 1 atom stereocenters. The first kappa shape index (κ1) is 16.2. The van der Waals surface area contributed by atoms with Crippen molar-refractivity contribution in [2.45, 2.75) is 12.5 Å². The summed E-state index contributed by atoms with van der Waals surface area (Å²) in [5, 5.41) is 2.44. The minimum atomic E-state index is -0.980. The van der Waals surface area contributed by atoms with Crippen molar-refractivity contribution in [3.8, 4) is 6.57 Å². The Balaban J connectivity index is 2.17. The van der Waals surface area contributed by atoms with E-state index in [4.69, 9.17) is 6.57 Å². The lowest BCUT2D eigenvalue weighted by molar-refractivity contribution is -0.142. The average Bonchev–Trinajstić information content (AvgIpc) is 3.06. The van der Waals surface area contributed by atoms with Crippen molar-refractivity contribution in [3.05, 3.63) is 52.6 Å². The van der Waals surface area contributed by atoms with Crippen LogP contribution in [0.5, 0.6) is 0 Å². The molecule has 2 N–H and O–H groups in total. The largest absolute Gasteiger partial charge is 0.467 e. The molecule has 118 valence electrons. The molecule has 0 aliphatic carbocycles. The number of imidazole rings is 1. The molecule has 0 radical (unpaired) electrons. The summed E-state index contributed by atoms with van der Waals surface area (Å²) in [5.41, 5.74) is 0.593. The minimum absolute atomic E-state index is 0.135. The highest BCUT2D eigenvalue weighted by Crippen LogP contribution is 2.17. The molecule has 0 aliphatic rings. The Morgan fingerprint density at radius 1 is 1.52 bits per heavy atom. The Labute approximate surface area is 131 Å². The van der Waals surface area contributed by atoms with E-state index in [2.05, 4.69) is 24.9 Å². The number of halogens is 1. The van der Waals surface area contributed by atoms with E-state index in [1.54, 1.807) is 0 Å². The van der Waals surface area contributed by atoms with E-state index < -0.39 is 23.7 Å². The molecule has 0 saturated carbocycles. The van der Waals surface area contributed by atoms with Crippen molar-refractivity contribution < 1.29 is 18.7 Å². The second-order valence-corrected chi connectivity index (χ2v) is 4.62. The van der Waals surface area contributed by atoms with Crippen LogP contribution in [0.15, 0.2) is 30.7 Å². The molecule has 0 unspecified atom stereocenters. The minimum Gasteiger partial charge on any atom is -0.467 e. The van der Waals surface area contributed by atoms with Gasteiger partial charge in [0.2, 0.25) is 0 Å². The van der Waals surface area contributed by atoms with Crippen LogP contribution >= 0.6 is 0 Å². The first-order valence-electron chi connectivity index (χ1n) is 6.61. The summed E-state index contributed by atoms with van der Waals surface area (Å²) in [6, 6.07) is 2.67. The number of H-pyrrole nitrogens is 1. The number of amides is 1. The van der Waals surface area contributed by atoms with E-state index in [1.165, 1.54) is 31.8 Å². The van der Waals surface area contributed by atoms with Crippen molar-refractivity contribution >= 4 is 17.6 Å².